The fraction of sp³-hybridized carbons (Fsp3) is 0.600. The van der Waals surface area contributed by atoms with Crippen LogP contribution in [0.15, 0.2) is 22.7 Å². The van der Waals surface area contributed by atoms with Gasteiger partial charge in [-0.05, 0) is 60.8 Å². The predicted octanol–water partition coefficient (Wildman–Crippen LogP) is 3.93. The molecule has 0 saturated heterocycles. The summed E-state index contributed by atoms with van der Waals surface area (Å²) in [6.07, 6.45) is 5.07. The van der Waals surface area contributed by atoms with E-state index >= 15 is 0 Å². The van der Waals surface area contributed by atoms with Gasteiger partial charge in [0.15, 0.2) is 0 Å². The van der Waals surface area contributed by atoms with Crippen molar-refractivity contribution in [3.63, 3.8) is 0 Å². The van der Waals surface area contributed by atoms with Gasteiger partial charge in [-0.2, -0.15) is 0 Å². The van der Waals surface area contributed by atoms with Crippen molar-refractivity contribution >= 4 is 15.9 Å². The highest BCUT2D eigenvalue weighted by atomic mass is 79.9. The van der Waals surface area contributed by atoms with Crippen LogP contribution < -0.4 is 0 Å². The molecule has 3 rings (SSSR count). The van der Waals surface area contributed by atoms with Crippen LogP contribution in [0, 0.1) is 23.6 Å². The van der Waals surface area contributed by atoms with Gasteiger partial charge < -0.3 is 5.11 Å². The second-order valence-corrected chi connectivity index (χ2v) is 6.76. The maximum atomic E-state index is 13.7. The van der Waals surface area contributed by atoms with Crippen LogP contribution in [-0.4, -0.2) is 11.2 Å². The Kier molecular flexibility index (Phi) is 3.46. The lowest BCUT2D eigenvalue weighted by Crippen LogP contribution is -2.27. The molecule has 4 unspecified atom stereocenters. The molecule has 1 aromatic rings. The second kappa shape index (κ2) is 4.93. The largest absolute Gasteiger partial charge is 0.392 e. The first-order valence-electron chi connectivity index (χ1n) is 6.75. The highest BCUT2D eigenvalue weighted by Gasteiger charge is 2.42. The topological polar surface area (TPSA) is 20.2 Å². The molecule has 0 spiro atoms. The van der Waals surface area contributed by atoms with Crippen molar-refractivity contribution in [1.29, 1.82) is 0 Å². The van der Waals surface area contributed by atoms with Gasteiger partial charge >= 0.3 is 0 Å². The van der Waals surface area contributed by atoms with Crippen molar-refractivity contribution in [2.24, 2.45) is 17.8 Å². The lowest BCUT2D eigenvalue weighted by Gasteiger charge is -2.27. The molecule has 2 bridgehead atoms. The molecule has 2 aliphatic carbocycles. The number of aliphatic hydroxyl groups is 1. The van der Waals surface area contributed by atoms with Gasteiger partial charge in [0.2, 0.25) is 0 Å². The van der Waals surface area contributed by atoms with Gasteiger partial charge in [-0.3, -0.25) is 0 Å². The van der Waals surface area contributed by atoms with Crippen LogP contribution in [0.5, 0.6) is 0 Å². The van der Waals surface area contributed by atoms with Gasteiger partial charge in [-0.1, -0.05) is 22.4 Å². The molecule has 0 aromatic heterocycles. The van der Waals surface area contributed by atoms with Crippen LogP contribution in [0.1, 0.15) is 31.2 Å². The van der Waals surface area contributed by atoms with Crippen molar-refractivity contribution in [2.75, 3.05) is 0 Å². The summed E-state index contributed by atoms with van der Waals surface area (Å²) >= 11 is 3.35. The van der Waals surface area contributed by atoms with Crippen LogP contribution in [0.4, 0.5) is 4.39 Å². The third-order valence-electron chi connectivity index (χ3n) is 4.72. The summed E-state index contributed by atoms with van der Waals surface area (Å²) in [5.74, 6) is 1.68. The smallest absolute Gasteiger partial charge is 0.126 e. The first-order chi connectivity index (χ1) is 8.63. The minimum absolute atomic E-state index is 0.208. The van der Waals surface area contributed by atoms with Crippen molar-refractivity contribution in [1.82, 2.24) is 0 Å². The maximum absolute atomic E-state index is 13.7. The zero-order chi connectivity index (χ0) is 12.7. The molecule has 0 aliphatic heterocycles. The van der Waals surface area contributed by atoms with E-state index in [1.165, 1.54) is 25.3 Å². The third-order valence-corrected chi connectivity index (χ3v) is 5.22. The average molecular weight is 313 g/mol. The molecule has 0 heterocycles. The molecule has 3 heteroatoms. The Morgan fingerprint density at radius 2 is 2.17 bits per heavy atom. The van der Waals surface area contributed by atoms with Crippen LogP contribution in [0.3, 0.4) is 0 Å². The molecule has 0 amide bonds. The van der Waals surface area contributed by atoms with E-state index in [4.69, 9.17) is 0 Å². The number of rotatable bonds is 3. The zero-order valence-electron chi connectivity index (χ0n) is 10.3. The molecule has 1 aromatic carbocycles. The lowest BCUT2D eigenvalue weighted by molar-refractivity contribution is 0.0743. The summed E-state index contributed by atoms with van der Waals surface area (Å²) in [4.78, 5) is 0. The fourth-order valence-electron chi connectivity index (χ4n) is 3.84. The Labute approximate surface area is 116 Å². The minimum atomic E-state index is -0.385. The number of halogens is 2. The highest BCUT2D eigenvalue weighted by molar-refractivity contribution is 9.10. The van der Waals surface area contributed by atoms with Gasteiger partial charge in [0.25, 0.3) is 0 Å². The molecule has 2 aliphatic rings. The first-order valence-corrected chi connectivity index (χ1v) is 7.55. The van der Waals surface area contributed by atoms with E-state index < -0.39 is 0 Å². The van der Waals surface area contributed by atoms with E-state index in [1.807, 2.05) is 0 Å². The number of benzene rings is 1. The van der Waals surface area contributed by atoms with Crippen LogP contribution in [0.25, 0.3) is 0 Å². The third kappa shape index (κ3) is 2.35. The molecule has 1 nitrogen and oxygen atoms in total. The summed E-state index contributed by atoms with van der Waals surface area (Å²) < 4.78 is 14.5. The summed E-state index contributed by atoms with van der Waals surface area (Å²) in [7, 11) is 0. The average Bonchev–Trinajstić information content (AvgIpc) is 2.96. The Morgan fingerprint density at radius 1 is 1.33 bits per heavy atom. The summed E-state index contributed by atoms with van der Waals surface area (Å²) in [6, 6.07) is 4.95. The van der Waals surface area contributed by atoms with E-state index in [2.05, 4.69) is 15.9 Å². The van der Waals surface area contributed by atoms with Crippen molar-refractivity contribution in [2.45, 2.75) is 38.2 Å². The monoisotopic (exact) mass is 312 g/mol. The Hall–Kier alpha value is -0.410. The maximum Gasteiger partial charge on any atom is 0.126 e. The van der Waals surface area contributed by atoms with Gasteiger partial charge in [-0.25, -0.2) is 4.39 Å². The van der Waals surface area contributed by atoms with Gasteiger partial charge in [0, 0.05) is 10.9 Å². The van der Waals surface area contributed by atoms with Crippen molar-refractivity contribution in [3.8, 4) is 0 Å². The lowest BCUT2D eigenvalue weighted by atomic mass is 9.82. The Balaban J connectivity index is 1.70. The molecule has 2 saturated carbocycles. The number of aliphatic hydroxyl groups excluding tert-OH is 1. The van der Waals surface area contributed by atoms with Gasteiger partial charge in [0.05, 0.1) is 6.10 Å². The normalized spacial score (nSPS) is 31.8. The van der Waals surface area contributed by atoms with Crippen LogP contribution in [0.2, 0.25) is 0 Å². The van der Waals surface area contributed by atoms with Crippen LogP contribution in [-0.2, 0) is 6.42 Å². The SMILES string of the molecule is OC(Cc1cc(Br)ccc1F)C1CC2CCC1C2. The molecular weight excluding hydrogens is 295 g/mol. The fourth-order valence-corrected chi connectivity index (χ4v) is 4.25. The summed E-state index contributed by atoms with van der Waals surface area (Å²) in [6.45, 7) is 0. The highest BCUT2D eigenvalue weighted by Crippen LogP contribution is 2.49. The van der Waals surface area contributed by atoms with E-state index in [0.717, 1.165) is 16.8 Å². The first kappa shape index (κ1) is 12.6. The van der Waals surface area contributed by atoms with E-state index in [0.29, 0.717) is 23.8 Å². The van der Waals surface area contributed by atoms with E-state index in [1.54, 1.807) is 12.1 Å². The predicted molar refractivity (Wildman–Crippen MR) is 72.7 cm³/mol. The Bertz CT molecular complexity index is 448. The molecule has 0 radical (unpaired) electrons. The molecule has 18 heavy (non-hydrogen) atoms. The quantitative estimate of drug-likeness (QED) is 0.896. The molecule has 2 fully saturated rings. The van der Waals surface area contributed by atoms with E-state index in [-0.39, 0.29) is 11.9 Å². The molecule has 98 valence electrons. The van der Waals surface area contributed by atoms with E-state index in [9.17, 15) is 9.50 Å². The van der Waals surface area contributed by atoms with Gasteiger partial charge in [0.1, 0.15) is 5.82 Å². The minimum Gasteiger partial charge on any atom is -0.392 e. The van der Waals surface area contributed by atoms with Crippen molar-refractivity contribution in [3.05, 3.63) is 34.1 Å². The molecule has 4 atom stereocenters. The van der Waals surface area contributed by atoms with Gasteiger partial charge in [-0.15, -0.1) is 0 Å². The zero-order valence-corrected chi connectivity index (χ0v) is 11.9. The number of hydrogen-bond donors (Lipinski definition) is 1. The molecule has 1 N–H and O–H groups in total. The summed E-state index contributed by atoms with van der Waals surface area (Å²) in [5.41, 5.74) is 0.625. The van der Waals surface area contributed by atoms with Crippen LogP contribution >= 0.6 is 15.9 Å². The molecular formula is C15H18BrFO. The summed E-state index contributed by atoms with van der Waals surface area (Å²) in [5, 5.41) is 10.4. The Morgan fingerprint density at radius 3 is 2.83 bits per heavy atom. The number of hydrogen-bond acceptors (Lipinski definition) is 1. The number of fused-ring (bicyclic) bond motifs is 2. The standard InChI is InChI=1S/C15H18BrFO/c16-12-3-4-14(17)11(7-12)8-15(18)13-6-9-1-2-10(13)5-9/h3-4,7,9-10,13,15,18H,1-2,5-6,8H2. The van der Waals surface area contributed by atoms with Crippen molar-refractivity contribution < 1.29 is 9.50 Å². The second-order valence-electron chi connectivity index (χ2n) is 5.85.